The molecule has 0 unspecified atom stereocenters. The van der Waals surface area contributed by atoms with E-state index >= 15 is 0 Å². The summed E-state index contributed by atoms with van der Waals surface area (Å²) in [5.41, 5.74) is 8.23. The van der Waals surface area contributed by atoms with Crippen LogP contribution in [0.1, 0.15) is 27.4 Å². The van der Waals surface area contributed by atoms with Crippen molar-refractivity contribution in [3.05, 3.63) is 46.8 Å². The quantitative estimate of drug-likeness (QED) is 0.845. The molecule has 2 aromatic rings. The lowest BCUT2D eigenvalue weighted by molar-refractivity contribution is 0.0720. The van der Waals surface area contributed by atoms with Crippen molar-refractivity contribution in [2.45, 2.75) is 19.9 Å². The number of aromatic nitrogens is 1. The summed E-state index contributed by atoms with van der Waals surface area (Å²) in [5, 5.41) is 0. The summed E-state index contributed by atoms with van der Waals surface area (Å²) in [5.74, 6) is 0.713. The van der Waals surface area contributed by atoms with E-state index in [1.165, 1.54) is 0 Å². The van der Waals surface area contributed by atoms with Crippen molar-refractivity contribution in [2.24, 2.45) is 0 Å². The van der Waals surface area contributed by atoms with Gasteiger partial charge in [-0.25, -0.2) is 0 Å². The molecule has 0 atom stereocenters. The summed E-state index contributed by atoms with van der Waals surface area (Å²) in [4.78, 5) is 18.2. The Bertz CT molecular complexity index is 616. The van der Waals surface area contributed by atoms with Crippen molar-refractivity contribution in [3.63, 3.8) is 0 Å². The molecule has 1 aromatic carbocycles. The van der Waals surface area contributed by atoms with Crippen LogP contribution in [0.5, 0.6) is 0 Å². The molecule has 19 heavy (non-hydrogen) atoms. The first-order valence-electron chi connectivity index (χ1n) is 6.23. The van der Waals surface area contributed by atoms with Crippen LogP contribution in [-0.4, -0.2) is 22.3 Å². The molecule has 1 aromatic heterocycles. The molecule has 2 heterocycles. The van der Waals surface area contributed by atoms with Crippen LogP contribution in [0.4, 0.5) is 6.01 Å². The topological polar surface area (TPSA) is 72.4 Å². The number of hydrogen-bond acceptors (Lipinski definition) is 4. The molecule has 0 saturated carbocycles. The van der Waals surface area contributed by atoms with Gasteiger partial charge in [-0.05, 0) is 19.1 Å². The van der Waals surface area contributed by atoms with Gasteiger partial charge in [-0.3, -0.25) is 4.79 Å². The standard InChI is InChI=1S/C14H15N3O2/c1-9-2-4-10(5-3-9)13(18)17-7-6-11-12(8-17)19-14(15)16-11/h2-5H,6-8H2,1H3,(H2,15,16). The van der Waals surface area contributed by atoms with Crippen LogP contribution in [0.15, 0.2) is 28.7 Å². The minimum atomic E-state index is 0.0145. The van der Waals surface area contributed by atoms with E-state index in [-0.39, 0.29) is 11.9 Å². The van der Waals surface area contributed by atoms with Crippen molar-refractivity contribution in [1.82, 2.24) is 9.88 Å². The molecular formula is C14H15N3O2. The van der Waals surface area contributed by atoms with E-state index in [9.17, 15) is 4.79 Å². The normalized spacial score (nSPS) is 14.3. The number of benzene rings is 1. The van der Waals surface area contributed by atoms with Gasteiger partial charge in [-0.1, -0.05) is 17.7 Å². The second kappa shape index (κ2) is 4.42. The average molecular weight is 257 g/mol. The molecule has 98 valence electrons. The zero-order chi connectivity index (χ0) is 13.4. The van der Waals surface area contributed by atoms with Gasteiger partial charge in [0.15, 0.2) is 0 Å². The maximum atomic E-state index is 12.4. The summed E-state index contributed by atoms with van der Waals surface area (Å²) in [7, 11) is 0. The highest BCUT2D eigenvalue weighted by molar-refractivity contribution is 5.94. The van der Waals surface area contributed by atoms with Gasteiger partial charge in [0, 0.05) is 18.5 Å². The summed E-state index contributed by atoms with van der Waals surface area (Å²) in [6, 6.07) is 7.75. The first-order valence-corrected chi connectivity index (χ1v) is 6.23. The van der Waals surface area contributed by atoms with E-state index in [0.717, 1.165) is 11.3 Å². The number of nitrogens with zero attached hydrogens (tertiary/aromatic N) is 2. The zero-order valence-corrected chi connectivity index (χ0v) is 10.7. The number of carbonyl (C=O) groups is 1. The number of hydrogen-bond donors (Lipinski definition) is 1. The number of amides is 1. The van der Waals surface area contributed by atoms with Crippen LogP contribution in [0, 0.1) is 6.92 Å². The monoisotopic (exact) mass is 257 g/mol. The number of oxazole rings is 1. The van der Waals surface area contributed by atoms with Gasteiger partial charge >= 0.3 is 0 Å². The first-order chi connectivity index (χ1) is 9.13. The predicted molar refractivity (Wildman–Crippen MR) is 70.5 cm³/mol. The van der Waals surface area contributed by atoms with Crippen LogP contribution < -0.4 is 5.73 Å². The van der Waals surface area contributed by atoms with Gasteiger partial charge in [-0.2, -0.15) is 4.98 Å². The fraction of sp³-hybridized carbons (Fsp3) is 0.286. The summed E-state index contributed by atoms with van der Waals surface area (Å²) in [6.45, 7) is 3.08. The maximum Gasteiger partial charge on any atom is 0.292 e. The highest BCUT2D eigenvalue weighted by Crippen LogP contribution is 2.22. The molecule has 0 aliphatic carbocycles. The lowest BCUT2D eigenvalue weighted by atomic mass is 10.1. The average Bonchev–Trinajstić information content (AvgIpc) is 2.77. The number of anilines is 1. The lowest BCUT2D eigenvalue weighted by Crippen LogP contribution is -2.35. The number of nitrogens with two attached hydrogens (primary N) is 1. The van der Waals surface area contributed by atoms with E-state index < -0.39 is 0 Å². The highest BCUT2D eigenvalue weighted by Gasteiger charge is 2.25. The van der Waals surface area contributed by atoms with Crippen molar-refractivity contribution in [2.75, 3.05) is 12.3 Å². The van der Waals surface area contributed by atoms with E-state index in [1.54, 1.807) is 4.90 Å². The van der Waals surface area contributed by atoms with E-state index in [4.69, 9.17) is 10.2 Å². The Morgan fingerprint density at radius 3 is 2.84 bits per heavy atom. The molecule has 5 nitrogen and oxygen atoms in total. The minimum absolute atomic E-state index is 0.0145. The van der Waals surface area contributed by atoms with Crippen LogP contribution in [0.2, 0.25) is 0 Å². The van der Waals surface area contributed by atoms with E-state index in [2.05, 4.69) is 4.98 Å². The molecule has 0 bridgehead atoms. The molecule has 0 saturated heterocycles. The third-order valence-electron chi connectivity index (χ3n) is 3.33. The maximum absolute atomic E-state index is 12.4. The Morgan fingerprint density at radius 2 is 2.11 bits per heavy atom. The van der Waals surface area contributed by atoms with Crippen LogP contribution in [-0.2, 0) is 13.0 Å². The van der Waals surface area contributed by atoms with Gasteiger partial charge in [0.2, 0.25) is 0 Å². The van der Waals surface area contributed by atoms with Crippen LogP contribution in [0.3, 0.4) is 0 Å². The number of carbonyl (C=O) groups excluding carboxylic acids is 1. The van der Waals surface area contributed by atoms with Gasteiger partial charge in [0.05, 0.1) is 12.2 Å². The molecule has 0 fully saturated rings. The first kappa shape index (κ1) is 11.8. The Labute approximate surface area is 111 Å². The Kier molecular flexibility index (Phi) is 2.74. The SMILES string of the molecule is Cc1ccc(C(=O)N2CCc3nc(N)oc3C2)cc1. The number of aryl methyl sites for hydroxylation is 1. The molecule has 0 spiro atoms. The van der Waals surface area contributed by atoms with Gasteiger partial charge in [0.1, 0.15) is 5.76 Å². The van der Waals surface area contributed by atoms with Gasteiger partial charge in [0.25, 0.3) is 11.9 Å². The molecule has 1 aliphatic heterocycles. The third-order valence-corrected chi connectivity index (χ3v) is 3.33. The predicted octanol–water partition coefficient (Wildman–Crippen LogP) is 1.76. The highest BCUT2D eigenvalue weighted by atomic mass is 16.4. The fourth-order valence-corrected chi connectivity index (χ4v) is 2.27. The molecular weight excluding hydrogens is 242 g/mol. The second-order valence-corrected chi connectivity index (χ2v) is 4.76. The zero-order valence-electron chi connectivity index (χ0n) is 10.7. The number of fused-ring (bicyclic) bond motifs is 1. The fourth-order valence-electron chi connectivity index (χ4n) is 2.27. The van der Waals surface area contributed by atoms with Crippen molar-refractivity contribution < 1.29 is 9.21 Å². The smallest absolute Gasteiger partial charge is 0.292 e. The molecule has 3 rings (SSSR count). The Hall–Kier alpha value is -2.30. The summed E-state index contributed by atoms with van der Waals surface area (Å²) in [6.07, 6.45) is 0.688. The number of nitrogen functional groups attached to an aromatic ring is 1. The number of rotatable bonds is 1. The van der Waals surface area contributed by atoms with Crippen molar-refractivity contribution in [1.29, 1.82) is 0 Å². The molecule has 2 N–H and O–H groups in total. The van der Waals surface area contributed by atoms with Crippen LogP contribution >= 0.6 is 0 Å². The molecule has 1 aliphatic rings. The van der Waals surface area contributed by atoms with Gasteiger partial charge in [-0.15, -0.1) is 0 Å². The largest absolute Gasteiger partial charge is 0.427 e. The van der Waals surface area contributed by atoms with E-state index in [0.29, 0.717) is 30.8 Å². The Balaban J connectivity index is 1.81. The molecule has 1 amide bonds. The lowest BCUT2D eigenvalue weighted by Gasteiger charge is -2.25. The van der Waals surface area contributed by atoms with Gasteiger partial charge < -0.3 is 15.1 Å². The van der Waals surface area contributed by atoms with Crippen molar-refractivity contribution >= 4 is 11.9 Å². The Morgan fingerprint density at radius 1 is 1.37 bits per heavy atom. The molecule has 0 radical (unpaired) electrons. The summed E-state index contributed by atoms with van der Waals surface area (Å²) >= 11 is 0. The second-order valence-electron chi connectivity index (χ2n) is 4.76. The van der Waals surface area contributed by atoms with Crippen LogP contribution in [0.25, 0.3) is 0 Å². The summed E-state index contributed by atoms with van der Waals surface area (Å²) < 4.78 is 5.31. The van der Waals surface area contributed by atoms with Crippen molar-refractivity contribution in [3.8, 4) is 0 Å². The third kappa shape index (κ3) is 2.19. The minimum Gasteiger partial charge on any atom is -0.427 e. The van der Waals surface area contributed by atoms with E-state index in [1.807, 2.05) is 31.2 Å². The molecule has 5 heteroatoms.